The number of hydrogen-bond donors (Lipinski definition) is 1. The topological polar surface area (TPSA) is 85.2 Å². The van der Waals surface area contributed by atoms with E-state index >= 15 is 0 Å². The lowest BCUT2D eigenvalue weighted by Crippen LogP contribution is -2.47. The summed E-state index contributed by atoms with van der Waals surface area (Å²) in [5, 5.41) is 9.48. The number of piperazine rings is 1. The Hall–Kier alpha value is -3.63. The van der Waals surface area contributed by atoms with Gasteiger partial charge >= 0.3 is 0 Å². The number of nitriles is 1. The summed E-state index contributed by atoms with van der Waals surface area (Å²) in [7, 11) is 1.59. The highest BCUT2D eigenvalue weighted by Gasteiger charge is 2.21. The fourth-order valence-electron chi connectivity index (χ4n) is 3.63. The van der Waals surface area contributed by atoms with Gasteiger partial charge in [0.25, 0.3) is 5.56 Å². The molecule has 0 amide bonds. The van der Waals surface area contributed by atoms with Crippen molar-refractivity contribution >= 4 is 5.95 Å². The number of benzene rings is 2. The van der Waals surface area contributed by atoms with Gasteiger partial charge in [0.1, 0.15) is 17.4 Å². The summed E-state index contributed by atoms with van der Waals surface area (Å²) in [5.74, 6) is 1.21. The molecule has 0 radical (unpaired) electrons. The van der Waals surface area contributed by atoms with Gasteiger partial charge in [0, 0.05) is 38.3 Å². The number of ether oxygens (including phenoxy) is 1. The molecule has 7 heteroatoms. The molecule has 0 saturated carbocycles. The average molecular weight is 401 g/mol. The molecule has 1 saturated heterocycles. The first-order chi connectivity index (χ1) is 14.7. The van der Waals surface area contributed by atoms with Crippen molar-refractivity contribution in [2.75, 3.05) is 38.2 Å². The van der Waals surface area contributed by atoms with Crippen molar-refractivity contribution in [2.24, 2.45) is 0 Å². The van der Waals surface area contributed by atoms with Crippen molar-refractivity contribution in [2.45, 2.75) is 6.54 Å². The van der Waals surface area contributed by atoms with Crippen LogP contribution in [0.15, 0.2) is 59.4 Å². The minimum Gasteiger partial charge on any atom is -0.497 e. The van der Waals surface area contributed by atoms with Crippen LogP contribution in [0, 0.1) is 11.3 Å². The van der Waals surface area contributed by atoms with Crippen LogP contribution in [0.3, 0.4) is 0 Å². The SMILES string of the molecule is COc1ccc(-c2nc(N3CCN(Cc4ccccc4)CC3)[nH]c(=O)c2C#N)cc1. The second-order valence-electron chi connectivity index (χ2n) is 7.20. The van der Waals surface area contributed by atoms with Crippen LogP contribution in [0.1, 0.15) is 11.1 Å². The maximum atomic E-state index is 12.6. The molecule has 2 aromatic carbocycles. The monoisotopic (exact) mass is 401 g/mol. The van der Waals surface area contributed by atoms with Crippen molar-refractivity contribution in [1.82, 2.24) is 14.9 Å². The van der Waals surface area contributed by atoms with Crippen LogP contribution in [0.25, 0.3) is 11.3 Å². The molecule has 30 heavy (non-hydrogen) atoms. The summed E-state index contributed by atoms with van der Waals surface area (Å²) in [6.07, 6.45) is 0. The number of anilines is 1. The van der Waals surface area contributed by atoms with E-state index in [4.69, 9.17) is 4.74 Å². The molecule has 1 N–H and O–H groups in total. The molecule has 152 valence electrons. The fraction of sp³-hybridized carbons (Fsp3) is 0.261. The summed E-state index contributed by atoms with van der Waals surface area (Å²) in [6.45, 7) is 4.16. The van der Waals surface area contributed by atoms with E-state index in [1.165, 1.54) is 5.56 Å². The first-order valence-corrected chi connectivity index (χ1v) is 9.88. The second-order valence-corrected chi connectivity index (χ2v) is 7.20. The van der Waals surface area contributed by atoms with E-state index in [2.05, 4.69) is 44.0 Å². The Labute approximate surface area is 175 Å². The smallest absolute Gasteiger partial charge is 0.270 e. The molecule has 7 nitrogen and oxygen atoms in total. The van der Waals surface area contributed by atoms with E-state index in [-0.39, 0.29) is 5.56 Å². The van der Waals surface area contributed by atoms with Crippen LogP contribution < -0.4 is 15.2 Å². The highest BCUT2D eigenvalue weighted by atomic mass is 16.5. The first kappa shape index (κ1) is 19.7. The molecule has 2 heterocycles. The summed E-state index contributed by atoms with van der Waals surface area (Å²) < 4.78 is 5.19. The molecule has 0 unspecified atom stereocenters. The molecule has 1 aliphatic heterocycles. The lowest BCUT2D eigenvalue weighted by molar-refractivity contribution is 0.248. The predicted molar refractivity (Wildman–Crippen MR) is 115 cm³/mol. The van der Waals surface area contributed by atoms with Gasteiger partial charge in [-0.25, -0.2) is 4.98 Å². The Balaban J connectivity index is 1.54. The molecule has 0 spiro atoms. The van der Waals surface area contributed by atoms with Crippen molar-refractivity contribution in [1.29, 1.82) is 5.26 Å². The number of aromatic amines is 1. The largest absolute Gasteiger partial charge is 0.497 e. The maximum Gasteiger partial charge on any atom is 0.270 e. The minimum atomic E-state index is -0.417. The van der Waals surface area contributed by atoms with E-state index < -0.39 is 5.56 Å². The van der Waals surface area contributed by atoms with E-state index in [1.54, 1.807) is 19.2 Å². The van der Waals surface area contributed by atoms with Gasteiger partial charge in [0.05, 0.1) is 12.8 Å². The first-order valence-electron chi connectivity index (χ1n) is 9.88. The molecular formula is C23H23N5O2. The van der Waals surface area contributed by atoms with Crippen molar-refractivity contribution in [3.63, 3.8) is 0 Å². The van der Waals surface area contributed by atoms with E-state index in [0.29, 0.717) is 23.0 Å². The summed E-state index contributed by atoms with van der Waals surface area (Å²) in [4.78, 5) is 24.4. The molecule has 4 rings (SSSR count). The number of methoxy groups -OCH3 is 1. The quantitative estimate of drug-likeness (QED) is 0.707. The zero-order valence-corrected chi connectivity index (χ0v) is 16.8. The van der Waals surface area contributed by atoms with Gasteiger partial charge in [-0.3, -0.25) is 14.7 Å². The molecule has 0 aliphatic carbocycles. The standard InChI is InChI=1S/C23H23N5O2/c1-30-19-9-7-18(8-10-19)21-20(15-24)22(29)26-23(25-21)28-13-11-27(12-14-28)16-17-5-3-2-4-6-17/h2-10H,11-14,16H2,1H3,(H,25,26,29). The maximum absolute atomic E-state index is 12.6. The van der Waals surface area contributed by atoms with E-state index in [0.717, 1.165) is 32.7 Å². The van der Waals surface area contributed by atoms with Crippen LogP contribution in [-0.4, -0.2) is 48.2 Å². The van der Waals surface area contributed by atoms with Crippen molar-refractivity contribution < 1.29 is 4.74 Å². The van der Waals surface area contributed by atoms with E-state index in [9.17, 15) is 10.1 Å². The Morgan fingerprint density at radius 1 is 1.07 bits per heavy atom. The lowest BCUT2D eigenvalue weighted by Gasteiger charge is -2.35. The molecule has 1 fully saturated rings. The Bertz CT molecular complexity index is 1100. The zero-order valence-electron chi connectivity index (χ0n) is 16.8. The fourth-order valence-corrected chi connectivity index (χ4v) is 3.63. The molecular weight excluding hydrogens is 378 g/mol. The Morgan fingerprint density at radius 2 is 1.77 bits per heavy atom. The van der Waals surface area contributed by atoms with Crippen molar-refractivity contribution in [3.05, 3.63) is 76.1 Å². The van der Waals surface area contributed by atoms with Crippen LogP contribution in [-0.2, 0) is 6.54 Å². The summed E-state index contributed by atoms with van der Waals surface area (Å²) >= 11 is 0. The second kappa shape index (κ2) is 8.80. The Morgan fingerprint density at radius 3 is 2.40 bits per heavy atom. The molecule has 0 atom stereocenters. The van der Waals surface area contributed by atoms with Crippen LogP contribution >= 0.6 is 0 Å². The van der Waals surface area contributed by atoms with Crippen LogP contribution in [0.5, 0.6) is 5.75 Å². The molecule has 0 bridgehead atoms. The third-order valence-electron chi connectivity index (χ3n) is 5.30. The van der Waals surface area contributed by atoms with Gasteiger partial charge < -0.3 is 9.64 Å². The molecule has 1 aliphatic rings. The van der Waals surface area contributed by atoms with Gasteiger partial charge in [0.2, 0.25) is 5.95 Å². The highest BCUT2D eigenvalue weighted by Crippen LogP contribution is 2.24. The zero-order chi connectivity index (χ0) is 20.9. The van der Waals surface area contributed by atoms with Gasteiger partial charge in [-0.15, -0.1) is 0 Å². The lowest BCUT2D eigenvalue weighted by atomic mass is 10.1. The summed E-state index contributed by atoms with van der Waals surface area (Å²) in [6, 6.07) is 19.6. The number of rotatable bonds is 5. The highest BCUT2D eigenvalue weighted by molar-refractivity contribution is 5.67. The Kier molecular flexibility index (Phi) is 5.77. The average Bonchev–Trinajstić information content (AvgIpc) is 2.80. The van der Waals surface area contributed by atoms with Gasteiger partial charge in [-0.2, -0.15) is 5.26 Å². The number of hydrogen-bond acceptors (Lipinski definition) is 6. The third kappa shape index (κ3) is 4.19. The predicted octanol–water partition coefficient (Wildman–Crippen LogP) is 2.64. The third-order valence-corrected chi connectivity index (χ3v) is 5.30. The number of nitrogens with one attached hydrogen (secondary N) is 1. The van der Waals surface area contributed by atoms with Crippen LogP contribution in [0.2, 0.25) is 0 Å². The van der Waals surface area contributed by atoms with Crippen LogP contribution in [0.4, 0.5) is 5.95 Å². The normalized spacial score (nSPS) is 14.3. The van der Waals surface area contributed by atoms with Gasteiger partial charge in [-0.05, 0) is 29.8 Å². The van der Waals surface area contributed by atoms with Gasteiger partial charge in [-0.1, -0.05) is 30.3 Å². The number of aromatic nitrogens is 2. The summed E-state index contributed by atoms with van der Waals surface area (Å²) in [5.41, 5.74) is 2.00. The number of nitrogens with zero attached hydrogens (tertiary/aromatic N) is 4. The van der Waals surface area contributed by atoms with Gasteiger partial charge in [0.15, 0.2) is 0 Å². The van der Waals surface area contributed by atoms with E-state index in [1.807, 2.05) is 24.3 Å². The van der Waals surface area contributed by atoms with Crippen molar-refractivity contribution in [3.8, 4) is 23.1 Å². The number of H-pyrrole nitrogens is 1. The molecule has 3 aromatic rings. The molecule has 1 aromatic heterocycles. The minimum absolute atomic E-state index is 0.0200.